The summed E-state index contributed by atoms with van der Waals surface area (Å²) in [6, 6.07) is 0. The Bertz CT molecular complexity index is 106. The van der Waals surface area contributed by atoms with Gasteiger partial charge in [0.2, 0.25) is 5.91 Å². The van der Waals surface area contributed by atoms with Gasteiger partial charge in [0.05, 0.1) is 6.61 Å². The van der Waals surface area contributed by atoms with Crippen molar-refractivity contribution in [1.29, 1.82) is 0 Å². The first kappa shape index (κ1) is 10.4. The van der Waals surface area contributed by atoms with E-state index < -0.39 is 0 Å². The predicted molar refractivity (Wildman–Crippen MR) is 41.2 cm³/mol. The third-order valence-electron chi connectivity index (χ3n) is 1.19. The quantitative estimate of drug-likeness (QED) is 0.517. The lowest BCUT2D eigenvalue weighted by molar-refractivity contribution is -0.121. The molecule has 66 valence electrons. The van der Waals surface area contributed by atoms with Crippen molar-refractivity contribution in [3.05, 3.63) is 0 Å². The molecule has 0 aliphatic heterocycles. The summed E-state index contributed by atoms with van der Waals surface area (Å²) < 4.78 is 4.77. The molecular formula is C7H15NO3. The predicted octanol–water partition coefficient (Wildman–Crippen LogP) is -0.479. The van der Waals surface area contributed by atoms with Gasteiger partial charge in [0.15, 0.2) is 0 Å². The summed E-state index contributed by atoms with van der Waals surface area (Å²) in [5.74, 6) is -0.0314. The van der Waals surface area contributed by atoms with Gasteiger partial charge in [-0.15, -0.1) is 0 Å². The maximum absolute atomic E-state index is 10.8. The van der Waals surface area contributed by atoms with Crippen LogP contribution in [-0.2, 0) is 9.53 Å². The van der Waals surface area contributed by atoms with Crippen molar-refractivity contribution in [2.24, 2.45) is 0 Å². The number of amides is 1. The van der Waals surface area contributed by atoms with Crippen molar-refractivity contribution < 1.29 is 14.6 Å². The van der Waals surface area contributed by atoms with Gasteiger partial charge in [0.1, 0.15) is 0 Å². The highest BCUT2D eigenvalue weighted by Gasteiger charge is 1.97. The van der Waals surface area contributed by atoms with E-state index in [0.29, 0.717) is 19.6 Å². The van der Waals surface area contributed by atoms with Crippen molar-refractivity contribution in [3.63, 3.8) is 0 Å². The van der Waals surface area contributed by atoms with E-state index in [0.717, 1.165) is 6.42 Å². The van der Waals surface area contributed by atoms with Crippen molar-refractivity contribution in [2.75, 3.05) is 26.9 Å². The minimum atomic E-state index is -0.0314. The van der Waals surface area contributed by atoms with Crippen molar-refractivity contribution in [3.8, 4) is 0 Å². The number of aliphatic hydroxyl groups excluding tert-OH is 1. The van der Waals surface area contributed by atoms with Gasteiger partial charge in [-0.2, -0.15) is 0 Å². The Morgan fingerprint density at radius 1 is 1.64 bits per heavy atom. The molecule has 4 nitrogen and oxygen atoms in total. The molecule has 0 atom stereocenters. The van der Waals surface area contributed by atoms with Gasteiger partial charge in [0.25, 0.3) is 0 Å². The van der Waals surface area contributed by atoms with Crippen LogP contribution in [0.4, 0.5) is 0 Å². The molecule has 0 aromatic heterocycles. The summed E-state index contributed by atoms with van der Waals surface area (Å²) in [4.78, 5) is 10.8. The van der Waals surface area contributed by atoms with E-state index in [1.165, 1.54) is 0 Å². The summed E-state index contributed by atoms with van der Waals surface area (Å²) in [6.07, 6.45) is 1.20. The van der Waals surface area contributed by atoms with Crippen LogP contribution in [0.1, 0.15) is 12.8 Å². The molecule has 1 amide bonds. The zero-order valence-electron chi connectivity index (χ0n) is 6.80. The van der Waals surface area contributed by atoms with Crippen LogP contribution in [0.2, 0.25) is 0 Å². The number of carbonyl (C=O) groups excluding carboxylic acids is 1. The molecule has 4 heteroatoms. The maximum Gasteiger partial charge on any atom is 0.220 e. The Labute approximate surface area is 66.5 Å². The van der Waals surface area contributed by atoms with Gasteiger partial charge < -0.3 is 15.2 Å². The van der Waals surface area contributed by atoms with Gasteiger partial charge in [-0.3, -0.25) is 4.79 Å². The number of hydrogen-bond acceptors (Lipinski definition) is 3. The fraction of sp³-hybridized carbons (Fsp3) is 0.857. The summed E-state index contributed by atoms with van der Waals surface area (Å²) in [6.45, 7) is 0.939. The molecule has 2 N–H and O–H groups in total. The highest BCUT2D eigenvalue weighted by molar-refractivity contribution is 5.75. The molecule has 0 rings (SSSR count). The summed E-state index contributed by atoms with van der Waals surface area (Å²) in [5.41, 5.74) is 0. The number of ether oxygens (including phenoxy) is 1. The van der Waals surface area contributed by atoms with E-state index in [1.807, 2.05) is 0 Å². The van der Waals surface area contributed by atoms with Crippen molar-refractivity contribution >= 4 is 5.91 Å². The Kier molecular flexibility index (Phi) is 7.08. The molecule has 11 heavy (non-hydrogen) atoms. The zero-order valence-corrected chi connectivity index (χ0v) is 6.80. The number of nitrogens with one attached hydrogen (secondary N) is 1. The van der Waals surface area contributed by atoms with Crippen molar-refractivity contribution in [1.82, 2.24) is 5.32 Å². The van der Waals surface area contributed by atoms with Gasteiger partial charge in [-0.25, -0.2) is 0 Å². The van der Waals surface area contributed by atoms with Crippen LogP contribution in [0.3, 0.4) is 0 Å². The molecule has 0 spiro atoms. The summed E-state index contributed by atoms with van der Waals surface area (Å²) in [7, 11) is 1.60. The first-order valence-corrected chi connectivity index (χ1v) is 3.67. The fourth-order valence-corrected chi connectivity index (χ4v) is 0.661. The highest BCUT2D eigenvalue weighted by atomic mass is 16.5. The van der Waals surface area contributed by atoms with Crippen LogP contribution in [-0.4, -0.2) is 37.9 Å². The molecule has 0 aromatic rings. The second-order valence-corrected chi connectivity index (χ2v) is 2.17. The van der Waals surface area contributed by atoms with Gasteiger partial charge >= 0.3 is 0 Å². The summed E-state index contributed by atoms with van der Waals surface area (Å²) in [5, 5.41) is 10.9. The Balaban J connectivity index is 3.09. The average Bonchev–Trinajstić information content (AvgIpc) is 2.01. The normalized spacial score (nSPS) is 9.64. The molecule has 0 bridgehead atoms. The number of rotatable bonds is 6. The first-order chi connectivity index (χ1) is 5.31. The molecule has 0 fully saturated rings. The lowest BCUT2D eigenvalue weighted by Crippen LogP contribution is -2.26. The molecule has 0 radical (unpaired) electrons. The van der Waals surface area contributed by atoms with E-state index in [9.17, 15) is 4.79 Å². The lowest BCUT2D eigenvalue weighted by atomic mass is 10.3. The highest BCUT2D eigenvalue weighted by Crippen LogP contribution is 1.87. The smallest absolute Gasteiger partial charge is 0.220 e. The maximum atomic E-state index is 10.8. The monoisotopic (exact) mass is 161 g/mol. The molecular weight excluding hydrogens is 146 g/mol. The van der Waals surface area contributed by atoms with Crippen LogP contribution < -0.4 is 5.32 Å². The van der Waals surface area contributed by atoms with E-state index in [-0.39, 0.29) is 12.5 Å². The molecule has 0 aromatic carbocycles. The van der Waals surface area contributed by atoms with Crippen LogP contribution in [0.5, 0.6) is 0 Å². The van der Waals surface area contributed by atoms with E-state index in [4.69, 9.17) is 9.84 Å². The van der Waals surface area contributed by atoms with Crippen LogP contribution in [0.25, 0.3) is 0 Å². The Morgan fingerprint density at radius 3 is 2.91 bits per heavy atom. The van der Waals surface area contributed by atoms with E-state index in [2.05, 4.69) is 5.32 Å². The summed E-state index contributed by atoms with van der Waals surface area (Å²) >= 11 is 0. The van der Waals surface area contributed by atoms with Crippen LogP contribution >= 0.6 is 0 Å². The molecule has 0 aliphatic rings. The minimum absolute atomic E-state index is 0.00395. The second-order valence-electron chi connectivity index (χ2n) is 2.17. The largest absolute Gasteiger partial charge is 0.395 e. The molecule has 0 saturated carbocycles. The lowest BCUT2D eigenvalue weighted by Gasteiger charge is -2.01. The third kappa shape index (κ3) is 7.29. The molecule has 0 unspecified atom stereocenters. The average molecular weight is 161 g/mol. The van der Waals surface area contributed by atoms with Crippen LogP contribution in [0.15, 0.2) is 0 Å². The number of hydrogen-bond donors (Lipinski definition) is 2. The first-order valence-electron chi connectivity index (χ1n) is 3.67. The second kappa shape index (κ2) is 7.50. The van der Waals surface area contributed by atoms with Gasteiger partial charge in [-0.05, 0) is 6.42 Å². The number of methoxy groups -OCH3 is 1. The molecule has 0 heterocycles. The fourth-order valence-electron chi connectivity index (χ4n) is 0.661. The zero-order chi connectivity index (χ0) is 8.53. The van der Waals surface area contributed by atoms with Gasteiger partial charge in [-0.1, -0.05) is 0 Å². The third-order valence-corrected chi connectivity index (χ3v) is 1.19. The Morgan fingerprint density at radius 2 is 2.36 bits per heavy atom. The SMILES string of the molecule is COCCCC(=O)NCCO. The van der Waals surface area contributed by atoms with Gasteiger partial charge in [0, 0.05) is 26.7 Å². The van der Waals surface area contributed by atoms with E-state index in [1.54, 1.807) is 7.11 Å². The number of carbonyl (C=O) groups is 1. The number of aliphatic hydroxyl groups is 1. The van der Waals surface area contributed by atoms with E-state index >= 15 is 0 Å². The molecule has 0 saturated heterocycles. The Hall–Kier alpha value is -0.610. The van der Waals surface area contributed by atoms with Crippen LogP contribution in [0, 0.1) is 0 Å². The minimum Gasteiger partial charge on any atom is -0.395 e. The standard InChI is InChI=1S/C7H15NO3/c1-11-6-2-3-7(10)8-4-5-9/h9H,2-6H2,1H3,(H,8,10). The molecule has 0 aliphatic carbocycles. The van der Waals surface area contributed by atoms with Crippen molar-refractivity contribution in [2.45, 2.75) is 12.8 Å². The topological polar surface area (TPSA) is 58.6 Å².